The molecule has 2 aliphatic heterocycles. The van der Waals surface area contributed by atoms with Gasteiger partial charge in [0.25, 0.3) is 10.0 Å². The Morgan fingerprint density at radius 3 is 2.63 bits per heavy atom. The summed E-state index contributed by atoms with van der Waals surface area (Å²) in [7, 11) is -3.73. The van der Waals surface area contributed by atoms with Gasteiger partial charge in [-0.2, -0.15) is 0 Å². The van der Waals surface area contributed by atoms with E-state index in [4.69, 9.17) is 9.47 Å². The molecule has 0 unspecified atom stereocenters. The summed E-state index contributed by atoms with van der Waals surface area (Å²) in [6.07, 6.45) is 5.29. The number of rotatable bonds is 4. The van der Waals surface area contributed by atoms with E-state index in [1.807, 2.05) is 56.3 Å². The topological polar surface area (TPSA) is 76.7 Å². The SMILES string of the molecule is Cc1ccc(C)c(NS(=O)(=O)c2ccc3c(c2)[C@H]2C=CC[C@H]2[C@@H](c2cc4c(cc2Br)OCO4)N3)c1. The number of benzene rings is 3. The van der Waals surface area contributed by atoms with E-state index < -0.39 is 10.0 Å². The van der Waals surface area contributed by atoms with Crippen LogP contribution < -0.4 is 19.5 Å². The normalized spacial score (nSPS) is 21.9. The summed E-state index contributed by atoms with van der Waals surface area (Å²) < 4.78 is 41.5. The molecule has 0 saturated heterocycles. The number of anilines is 2. The predicted molar refractivity (Wildman–Crippen MR) is 140 cm³/mol. The van der Waals surface area contributed by atoms with Crippen molar-refractivity contribution in [1.29, 1.82) is 0 Å². The van der Waals surface area contributed by atoms with Crippen molar-refractivity contribution in [1.82, 2.24) is 0 Å². The fourth-order valence-electron chi connectivity index (χ4n) is 5.27. The molecular weight excluding hydrogens is 528 g/mol. The lowest BCUT2D eigenvalue weighted by Crippen LogP contribution is -2.29. The standard InChI is InChI=1S/C27H25BrN2O4S/c1-15-6-7-16(2)24(10-15)30-35(31,32)17-8-9-23-20(11-17)18-4-3-5-19(18)27(29-23)21-12-25-26(13-22(21)28)34-14-33-25/h3-4,6-13,18-19,27,29-30H,5,14H2,1-2H3/t18-,19+,27-/m0/s1. The Kier molecular flexibility index (Phi) is 5.34. The third kappa shape index (κ3) is 3.89. The first-order valence-corrected chi connectivity index (χ1v) is 13.8. The molecule has 0 aromatic heterocycles. The van der Waals surface area contributed by atoms with E-state index in [-0.39, 0.29) is 29.6 Å². The van der Waals surface area contributed by atoms with E-state index in [0.29, 0.717) is 5.69 Å². The molecule has 6 nitrogen and oxygen atoms in total. The molecule has 2 N–H and O–H groups in total. The first kappa shape index (κ1) is 22.5. The Bertz CT molecular complexity index is 1480. The van der Waals surface area contributed by atoms with Gasteiger partial charge in [0, 0.05) is 16.1 Å². The maximum Gasteiger partial charge on any atom is 0.261 e. The van der Waals surface area contributed by atoms with Crippen molar-refractivity contribution in [3.05, 3.63) is 87.4 Å². The van der Waals surface area contributed by atoms with Crippen LogP contribution >= 0.6 is 15.9 Å². The monoisotopic (exact) mass is 552 g/mol. The zero-order valence-corrected chi connectivity index (χ0v) is 21.7. The number of nitrogens with one attached hydrogen (secondary N) is 2. The van der Waals surface area contributed by atoms with Gasteiger partial charge in [0.2, 0.25) is 6.79 Å². The molecular formula is C27H25BrN2O4S. The van der Waals surface area contributed by atoms with E-state index in [1.54, 1.807) is 6.07 Å². The summed E-state index contributed by atoms with van der Waals surface area (Å²) in [5.74, 6) is 1.86. The highest BCUT2D eigenvalue weighted by Crippen LogP contribution is 2.52. The van der Waals surface area contributed by atoms with Crippen molar-refractivity contribution in [2.24, 2.45) is 5.92 Å². The maximum absolute atomic E-state index is 13.3. The molecule has 0 radical (unpaired) electrons. The van der Waals surface area contributed by atoms with Crippen LogP contribution in [0.4, 0.5) is 11.4 Å². The first-order chi connectivity index (χ1) is 16.8. The van der Waals surface area contributed by atoms with Crippen LogP contribution in [-0.2, 0) is 10.0 Å². The Morgan fingerprint density at radius 1 is 1.00 bits per heavy atom. The van der Waals surface area contributed by atoms with E-state index in [0.717, 1.165) is 50.3 Å². The van der Waals surface area contributed by atoms with Gasteiger partial charge in [-0.25, -0.2) is 8.42 Å². The van der Waals surface area contributed by atoms with Crippen molar-refractivity contribution in [3.63, 3.8) is 0 Å². The average Bonchev–Trinajstić information content (AvgIpc) is 3.49. The summed E-state index contributed by atoms with van der Waals surface area (Å²) in [6, 6.07) is 15.2. The van der Waals surface area contributed by atoms with Gasteiger partial charge in [-0.1, -0.05) is 40.2 Å². The Balaban J connectivity index is 1.36. The van der Waals surface area contributed by atoms with E-state index in [1.165, 1.54) is 0 Å². The average molecular weight is 553 g/mol. The van der Waals surface area contributed by atoms with Gasteiger partial charge in [0.15, 0.2) is 11.5 Å². The van der Waals surface area contributed by atoms with Gasteiger partial charge >= 0.3 is 0 Å². The number of aryl methyl sites for hydroxylation is 2. The van der Waals surface area contributed by atoms with Crippen LogP contribution in [0, 0.1) is 19.8 Å². The van der Waals surface area contributed by atoms with Gasteiger partial charge in [-0.05, 0) is 84.8 Å². The van der Waals surface area contributed by atoms with Crippen molar-refractivity contribution in [2.75, 3.05) is 16.8 Å². The fraction of sp³-hybridized carbons (Fsp3) is 0.259. The molecule has 3 aromatic carbocycles. The van der Waals surface area contributed by atoms with Crippen LogP contribution in [0.5, 0.6) is 11.5 Å². The number of halogens is 1. The van der Waals surface area contributed by atoms with Crippen LogP contribution in [0.2, 0.25) is 0 Å². The number of sulfonamides is 1. The molecule has 3 aliphatic rings. The Hall–Kier alpha value is -2.97. The molecule has 0 saturated carbocycles. The molecule has 35 heavy (non-hydrogen) atoms. The predicted octanol–water partition coefficient (Wildman–Crippen LogP) is 6.42. The van der Waals surface area contributed by atoms with Crippen molar-refractivity contribution < 1.29 is 17.9 Å². The maximum atomic E-state index is 13.3. The third-order valence-corrected chi connectivity index (χ3v) is 9.16. The second kappa shape index (κ2) is 8.31. The third-order valence-electron chi connectivity index (χ3n) is 7.11. The van der Waals surface area contributed by atoms with Crippen molar-refractivity contribution in [2.45, 2.75) is 37.1 Å². The Morgan fingerprint density at radius 2 is 1.80 bits per heavy atom. The number of allylic oxidation sites excluding steroid dienone is 2. The van der Waals surface area contributed by atoms with Gasteiger partial charge in [-0.3, -0.25) is 4.72 Å². The number of fused-ring (bicyclic) bond motifs is 4. The molecule has 2 heterocycles. The summed E-state index contributed by atoms with van der Waals surface area (Å²) in [5.41, 5.74) is 5.54. The smallest absolute Gasteiger partial charge is 0.261 e. The molecule has 0 fully saturated rings. The number of hydrogen-bond donors (Lipinski definition) is 2. The van der Waals surface area contributed by atoms with Gasteiger partial charge in [-0.15, -0.1) is 0 Å². The largest absolute Gasteiger partial charge is 0.454 e. The van der Waals surface area contributed by atoms with Crippen LogP contribution in [0.3, 0.4) is 0 Å². The lowest BCUT2D eigenvalue weighted by Gasteiger charge is -2.38. The summed E-state index contributed by atoms with van der Waals surface area (Å²) in [6.45, 7) is 4.08. The summed E-state index contributed by atoms with van der Waals surface area (Å²) >= 11 is 3.72. The lowest BCUT2D eigenvalue weighted by atomic mass is 9.77. The van der Waals surface area contributed by atoms with Crippen LogP contribution in [0.25, 0.3) is 0 Å². The molecule has 1 aliphatic carbocycles. The fourth-order valence-corrected chi connectivity index (χ4v) is 6.99. The minimum Gasteiger partial charge on any atom is -0.454 e. The molecule has 6 rings (SSSR count). The summed E-state index contributed by atoms with van der Waals surface area (Å²) in [5, 5.41) is 3.68. The zero-order chi connectivity index (χ0) is 24.3. The lowest BCUT2D eigenvalue weighted by molar-refractivity contribution is 0.174. The first-order valence-electron chi connectivity index (χ1n) is 11.6. The van der Waals surface area contributed by atoms with Crippen molar-refractivity contribution in [3.8, 4) is 11.5 Å². The molecule has 0 bridgehead atoms. The highest BCUT2D eigenvalue weighted by molar-refractivity contribution is 9.10. The minimum atomic E-state index is -3.73. The molecule has 3 atom stereocenters. The van der Waals surface area contributed by atoms with E-state index in [2.05, 4.69) is 38.1 Å². The second-order valence-electron chi connectivity index (χ2n) is 9.38. The number of ether oxygens (including phenoxy) is 2. The minimum absolute atomic E-state index is 0.0434. The highest BCUT2D eigenvalue weighted by atomic mass is 79.9. The van der Waals surface area contributed by atoms with Crippen molar-refractivity contribution >= 4 is 37.3 Å². The summed E-state index contributed by atoms with van der Waals surface area (Å²) in [4.78, 5) is 0.265. The quantitative estimate of drug-likeness (QED) is 0.365. The Labute approximate surface area is 213 Å². The second-order valence-corrected chi connectivity index (χ2v) is 11.9. The van der Waals surface area contributed by atoms with E-state index >= 15 is 0 Å². The molecule has 180 valence electrons. The zero-order valence-electron chi connectivity index (χ0n) is 19.3. The van der Waals surface area contributed by atoms with Crippen LogP contribution in [0.1, 0.15) is 40.6 Å². The molecule has 8 heteroatoms. The van der Waals surface area contributed by atoms with Crippen LogP contribution in [-0.4, -0.2) is 15.2 Å². The van der Waals surface area contributed by atoms with Crippen LogP contribution in [0.15, 0.2) is 70.1 Å². The molecule has 0 spiro atoms. The molecule has 0 amide bonds. The van der Waals surface area contributed by atoms with Gasteiger partial charge in [0.1, 0.15) is 0 Å². The molecule has 3 aromatic rings. The van der Waals surface area contributed by atoms with Gasteiger partial charge in [0.05, 0.1) is 16.6 Å². The van der Waals surface area contributed by atoms with E-state index in [9.17, 15) is 8.42 Å². The van der Waals surface area contributed by atoms with Gasteiger partial charge < -0.3 is 14.8 Å². The number of hydrogen-bond acceptors (Lipinski definition) is 5. The highest BCUT2D eigenvalue weighted by Gasteiger charge is 2.39.